The van der Waals surface area contributed by atoms with Crippen LogP contribution in [-0.4, -0.2) is 87.0 Å². The van der Waals surface area contributed by atoms with E-state index in [0.29, 0.717) is 30.0 Å². The molecule has 10 nitrogen and oxygen atoms in total. The Morgan fingerprint density at radius 2 is 2.08 bits per heavy atom. The molecular formula is C27H33F2N7O3S. The minimum Gasteiger partial charge on any atom is -0.495 e. The van der Waals surface area contributed by atoms with Gasteiger partial charge in [0.05, 0.1) is 25.5 Å². The lowest BCUT2D eigenvalue weighted by Crippen LogP contribution is -2.46. The molecule has 0 unspecified atom stereocenters. The highest BCUT2D eigenvalue weighted by Crippen LogP contribution is 2.36. The Kier molecular flexibility index (Phi) is 9.15. The predicted octanol–water partition coefficient (Wildman–Crippen LogP) is 3.63. The van der Waals surface area contributed by atoms with Crippen molar-refractivity contribution in [2.45, 2.75) is 18.8 Å². The molecule has 3 heterocycles. The lowest BCUT2D eigenvalue weighted by Gasteiger charge is -2.25. The number of nitrogens with zero attached hydrogens (tertiary/aromatic N) is 5. The number of methoxy groups -OCH3 is 1. The molecule has 0 spiro atoms. The van der Waals surface area contributed by atoms with Crippen LogP contribution in [0.1, 0.15) is 21.7 Å². The van der Waals surface area contributed by atoms with E-state index in [1.807, 2.05) is 36.5 Å². The standard InChI is InChI=1S/C27H33F2N7O3S/c1-34(2)12-6-11-30-24(37)18-8-9-20(22(15-18)39-4)32-26-31-16-21-23(33-26)36(13-10-19-7-5-14-40-19)17-27(28,29)25(38)35(21)3/h5,7-9,14-16H,6,10-13,17H2,1-4H3,(H,30,37)(H,31,32,33). The second-order valence-corrected chi connectivity index (χ2v) is 10.7. The lowest BCUT2D eigenvalue weighted by atomic mass is 10.1. The Morgan fingerprint density at radius 3 is 2.77 bits per heavy atom. The van der Waals surface area contributed by atoms with E-state index in [0.717, 1.165) is 22.7 Å². The summed E-state index contributed by atoms with van der Waals surface area (Å²) in [6, 6.07) is 8.76. The minimum atomic E-state index is -3.59. The van der Waals surface area contributed by atoms with E-state index in [1.54, 1.807) is 18.2 Å². The molecule has 1 aromatic carbocycles. The van der Waals surface area contributed by atoms with Gasteiger partial charge in [-0.15, -0.1) is 11.3 Å². The van der Waals surface area contributed by atoms with E-state index in [9.17, 15) is 18.4 Å². The Labute approximate surface area is 236 Å². The summed E-state index contributed by atoms with van der Waals surface area (Å²) in [7, 11) is 6.72. The SMILES string of the molecule is COc1cc(C(=O)NCCCN(C)C)ccc1Nc1ncc2c(n1)N(CCc1cccs1)CC(F)(F)C(=O)N2C. The van der Waals surface area contributed by atoms with Gasteiger partial charge in [-0.3, -0.25) is 9.59 Å². The molecule has 1 aliphatic heterocycles. The zero-order valence-corrected chi connectivity index (χ0v) is 23.7. The number of rotatable bonds is 11. The predicted molar refractivity (Wildman–Crippen MR) is 152 cm³/mol. The number of carbonyl (C=O) groups is 2. The first kappa shape index (κ1) is 29.2. The van der Waals surface area contributed by atoms with Gasteiger partial charge in [0.1, 0.15) is 11.4 Å². The van der Waals surface area contributed by atoms with Gasteiger partial charge in [0.2, 0.25) is 5.95 Å². The summed E-state index contributed by atoms with van der Waals surface area (Å²) in [6.45, 7) is 0.844. The number of benzene rings is 1. The molecule has 0 saturated carbocycles. The van der Waals surface area contributed by atoms with Crippen molar-refractivity contribution in [3.63, 3.8) is 0 Å². The van der Waals surface area contributed by atoms with Crippen LogP contribution in [0.3, 0.4) is 0 Å². The normalized spacial score (nSPS) is 14.6. The average Bonchev–Trinajstić information content (AvgIpc) is 3.44. The molecule has 0 atom stereocenters. The summed E-state index contributed by atoms with van der Waals surface area (Å²) >= 11 is 1.54. The number of carbonyl (C=O) groups excluding carboxylic acids is 2. The monoisotopic (exact) mass is 573 g/mol. The average molecular weight is 574 g/mol. The largest absolute Gasteiger partial charge is 0.495 e. The van der Waals surface area contributed by atoms with Gasteiger partial charge in [0, 0.05) is 30.6 Å². The van der Waals surface area contributed by atoms with Crippen molar-refractivity contribution in [3.05, 3.63) is 52.3 Å². The number of hydrogen-bond donors (Lipinski definition) is 2. The van der Waals surface area contributed by atoms with Gasteiger partial charge in [-0.25, -0.2) is 4.98 Å². The molecule has 0 aliphatic carbocycles. The third-order valence-electron chi connectivity index (χ3n) is 6.40. The van der Waals surface area contributed by atoms with Crippen molar-refractivity contribution in [1.82, 2.24) is 20.2 Å². The minimum absolute atomic E-state index is 0.130. The number of thiophene rings is 1. The van der Waals surface area contributed by atoms with Crippen LogP contribution in [0.5, 0.6) is 5.75 Å². The molecule has 0 saturated heterocycles. The molecule has 0 bridgehead atoms. The molecule has 40 heavy (non-hydrogen) atoms. The molecule has 214 valence electrons. The Bertz CT molecular complexity index is 1340. The summed E-state index contributed by atoms with van der Waals surface area (Å²) < 4.78 is 35.1. The topological polar surface area (TPSA) is 103 Å². The van der Waals surface area contributed by atoms with E-state index >= 15 is 0 Å². The molecule has 2 N–H and O–H groups in total. The van der Waals surface area contributed by atoms with Gasteiger partial charge in [-0.2, -0.15) is 13.8 Å². The highest BCUT2D eigenvalue weighted by Gasteiger charge is 2.47. The third kappa shape index (κ3) is 6.83. The van der Waals surface area contributed by atoms with Crippen molar-refractivity contribution in [3.8, 4) is 5.75 Å². The zero-order valence-electron chi connectivity index (χ0n) is 22.9. The number of halogens is 2. The number of ether oxygens (including phenoxy) is 1. The van der Waals surface area contributed by atoms with E-state index in [-0.39, 0.29) is 29.9 Å². The Hall–Kier alpha value is -3.84. The van der Waals surface area contributed by atoms with Gasteiger partial charge < -0.3 is 30.1 Å². The quantitative estimate of drug-likeness (QED) is 0.336. The van der Waals surface area contributed by atoms with E-state index in [1.165, 1.54) is 36.6 Å². The molecule has 0 radical (unpaired) electrons. The summed E-state index contributed by atoms with van der Waals surface area (Å²) in [5.74, 6) is -4.40. The lowest BCUT2D eigenvalue weighted by molar-refractivity contribution is -0.140. The first-order valence-corrected chi connectivity index (χ1v) is 13.7. The van der Waals surface area contributed by atoms with Crippen LogP contribution in [0.15, 0.2) is 41.9 Å². The first-order valence-electron chi connectivity index (χ1n) is 12.8. The summed E-state index contributed by atoms with van der Waals surface area (Å²) in [4.78, 5) is 39.3. The van der Waals surface area contributed by atoms with Crippen LogP contribution in [0, 0.1) is 0 Å². The zero-order chi connectivity index (χ0) is 28.9. The van der Waals surface area contributed by atoms with Crippen molar-refractivity contribution in [2.24, 2.45) is 0 Å². The van der Waals surface area contributed by atoms with Crippen LogP contribution in [0.2, 0.25) is 0 Å². The van der Waals surface area contributed by atoms with Crippen molar-refractivity contribution >= 4 is 46.3 Å². The molecule has 1 aliphatic rings. The van der Waals surface area contributed by atoms with E-state index in [4.69, 9.17) is 4.74 Å². The van der Waals surface area contributed by atoms with Crippen LogP contribution < -0.4 is 25.2 Å². The molecule has 4 rings (SSSR count). The maximum Gasteiger partial charge on any atom is 0.342 e. The maximum atomic E-state index is 14.8. The molecule has 0 fully saturated rings. The fourth-order valence-corrected chi connectivity index (χ4v) is 4.97. The number of nitrogens with one attached hydrogen (secondary N) is 2. The molecule has 2 amide bonds. The molecule has 13 heteroatoms. The van der Waals surface area contributed by atoms with Gasteiger partial charge >= 0.3 is 5.92 Å². The van der Waals surface area contributed by atoms with Gasteiger partial charge in [-0.05, 0) is 63.1 Å². The number of aromatic nitrogens is 2. The smallest absolute Gasteiger partial charge is 0.342 e. The Balaban J connectivity index is 1.56. The molecular weight excluding hydrogens is 540 g/mol. The number of alkyl halides is 2. The summed E-state index contributed by atoms with van der Waals surface area (Å²) in [5, 5.41) is 7.88. The fourth-order valence-electron chi connectivity index (χ4n) is 4.27. The fraction of sp³-hybridized carbons (Fsp3) is 0.407. The third-order valence-corrected chi connectivity index (χ3v) is 7.34. The van der Waals surface area contributed by atoms with Crippen molar-refractivity contribution < 1.29 is 23.1 Å². The number of anilines is 4. The number of fused-ring (bicyclic) bond motifs is 1. The second-order valence-electron chi connectivity index (χ2n) is 9.67. The van der Waals surface area contributed by atoms with Gasteiger partial charge in [-0.1, -0.05) is 6.07 Å². The number of hydrogen-bond acceptors (Lipinski definition) is 9. The first-order chi connectivity index (χ1) is 19.1. The van der Waals surface area contributed by atoms with Crippen LogP contribution >= 0.6 is 11.3 Å². The van der Waals surface area contributed by atoms with E-state index < -0.39 is 18.4 Å². The summed E-state index contributed by atoms with van der Waals surface area (Å²) in [6.07, 6.45) is 2.69. The maximum absolute atomic E-state index is 14.8. The second kappa shape index (κ2) is 12.6. The van der Waals surface area contributed by atoms with Gasteiger partial charge in [0.15, 0.2) is 5.82 Å². The van der Waals surface area contributed by atoms with Crippen LogP contribution in [0.25, 0.3) is 0 Å². The molecule has 3 aromatic rings. The number of amides is 2. The summed E-state index contributed by atoms with van der Waals surface area (Å²) in [5.41, 5.74) is 1.10. The Morgan fingerprint density at radius 1 is 1.27 bits per heavy atom. The highest BCUT2D eigenvalue weighted by atomic mass is 32.1. The van der Waals surface area contributed by atoms with Crippen LogP contribution in [0.4, 0.5) is 31.9 Å². The van der Waals surface area contributed by atoms with Crippen molar-refractivity contribution in [1.29, 1.82) is 0 Å². The van der Waals surface area contributed by atoms with Gasteiger partial charge in [0.25, 0.3) is 11.8 Å². The van der Waals surface area contributed by atoms with E-state index in [2.05, 4.69) is 20.6 Å². The van der Waals surface area contributed by atoms with Crippen LogP contribution in [-0.2, 0) is 11.2 Å². The van der Waals surface area contributed by atoms with Crippen molar-refractivity contribution in [2.75, 3.05) is 69.5 Å². The highest BCUT2D eigenvalue weighted by molar-refractivity contribution is 7.09. The molecule has 2 aromatic heterocycles.